The number of hydrogen-bond donors (Lipinski definition) is 1. The molecule has 0 unspecified atom stereocenters. The highest BCUT2D eigenvalue weighted by molar-refractivity contribution is 7.89. The summed E-state index contributed by atoms with van der Waals surface area (Å²) in [5.74, 6) is 0. The lowest BCUT2D eigenvalue weighted by atomic mass is 10.1. The fourth-order valence-corrected chi connectivity index (χ4v) is 4.43. The van der Waals surface area contributed by atoms with Gasteiger partial charge >= 0.3 is 0 Å². The molecule has 0 saturated carbocycles. The van der Waals surface area contributed by atoms with Crippen LogP contribution in [0.5, 0.6) is 0 Å². The fraction of sp³-hybridized carbons (Fsp3) is 0.571. The maximum Gasteiger partial charge on any atom is 0.271 e. The van der Waals surface area contributed by atoms with Crippen LogP contribution in [0, 0.1) is 24.0 Å². The molecule has 0 bridgehead atoms. The summed E-state index contributed by atoms with van der Waals surface area (Å²) in [6.07, 6.45) is 1.48. The van der Waals surface area contributed by atoms with Crippen molar-refractivity contribution < 1.29 is 13.3 Å². The first kappa shape index (κ1) is 16.9. The van der Waals surface area contributed by atoms with Gasteiger partial charge in [0, 0.05) is 25.2 Å². The SMILES string of the molecule is Cc1cc([N+](=O)[O-])cc(S(=O)(=O)N(C)C2CCNCC2)c1C. The van der Waals surface area contributed by atoms with E-state index in [1.165, 1.54) is 10.4 Å². The summed E-state index contributed by atoms with van der Waals surface area (Å²) in [5.41, 5.74) is 0.971. The third kappa shape index (κ3) is 3.13. The summed E-state index contributed by atoms with van der Waals surface area (Å²) in [6.45, 7) is 4.92. The summed E-state index contributed by atoms with van der Waals surface area (Å²) in [7, 11) is -2.19. The lowest BCUT2D eigenvalue weighted by Gasteiger charge is -2.31. The van der Waals surface area contributed by atoms with E-state index in [1.807, 2.05) is 0 Å². The van der Waals surface area contributed by atoms with Crippen molar-refractivity contribution in [3.05, 3.63) is 33.4 Å². The summed E-state index contributed by atoms with van der Waals surface area (Å²) in [4.78, 5) is 10.5. The zero-order valence-electron chi connectivity index (χ0n) is 13.0. The first-order chi connectivity index (χ1) is 10.2. The zero-order chi connectivity index (χ0) is 16.5. The molecule has 1 heterocycles. The molecule has 0 radical (unpaired) electrons. The molecule has 8 heteroatoms. The Morgan fingerprint density at radius 2 is 1.86 bits per heavy atom. The first-order valence-electron chi connectivity index (χ1n) is 7.19. The fourth-order valence-electron chi connectivity index (χ4n) is 2.70. The molecule has 1 saturated heterocycles. The van der Waals surface area contributed by atoms with Crippen LogP contribution in [0.15, 0.2) is 17.0 Å². The second-order valence-electron chi connectivity index (χ2n) is 5.65. The van der Waals surface area contributed by atoms with Crippen molar-refractivity contribution in [2.24, 2.45) is 0 Å². The normalized spacial score (nSPS) is 16.9. The molecule has 7 nitrogen and oxygen atoms in total. The Labute approximate surface area is 130 Å². The maximum absolute atomic E-state index is 12.9. The van der Waals surface area contributed by atoms with Crippen LogP contribution in [0.2, 0.25) is 0 Å². The molecule has 1 aromatic rings. The summed E-state index contributed by atoms with van der Waals surface area (Å²) in [6, 6.07) is 2.49. The zero-order valence-corrected chi connectivity index (χ0v) is 13.8. The minimum absolute atomic E-state index is 0.0280. The molecule has 1 N–H and O–H groups in total. The second kappa shape index (κ2) is 6.31. The third-order valence-electron chi connectivity index (χ3n) is 4.30. The second-order valence-corrected chi connectivity index (χ2v) is 7.61. The molecule has 22 heavy (non-hydrogen) atoms. The number of nitrogens with one attached hydrogen (secondary N) is 1. The van der Waals surface area contributed by atoms with Crippen LogP contribution in [0.1, 0.15) is 24.0 Å². The Kier molecular flexibility index (Phi) is 4.84. The summed E-state index contributed by atoms with van der Waals surface area (Å²) in [5, 5.41) is 14.2. The van der Waals surface area contributed by atoms with Crippen LogP contribution in [-0.4, -0.2) is 43.8 Å². The number of benzene rings is 1. The van der Waals surface area contributed by atoms with Gasteiger partial charge in [0.25, 0.3) is 5.69 Å². The average molecular weight is 327 g/mol. The Hall–Kier alpha value is -1.51. The van der Waals surface area contributed by atoms with E-state index in [0.29, 0.717) is 11.1 Å². The molecule has 1 aromatic carbocycles. The summed E-state index contributed by atoms with van der Waals surface area (Å²) >= 11 is 0. The first-order valence-corrected chi connectivity index (χ1v) is 8.63. The van der Waals surface area contributed by atoms with Gasteiger partial charge in [-0.15, -0.1) is 0 Å². The van der Waals surface area contributed by atoms with Crippen molar-refractivity contribution in [2.45, 2.75) is 37.6 Å². The van der Waals surface area contributed by atoms with E-state index in [0.717, 1.165) is 32.0 Å². The Morgan fingerprint density at radius 3 is 2.41 bits per heavy atom. The monoisotopic (exact) mass is 327 g/mol. The van der Waals surface area contributed by atoms with Gasteiger partial charge in [-0.05, 0) is 50.9 Å². The number of nitrogens with zero attached hydrogens (tertiary/aromatic N) is 2. The summed E-state index contributed by atoms with van der Waals surface area (Å²) < 4.78 is 27.1. The molecule has 1 aliphatic rings. The molecule has 1 aliphatic heterocycles. The molecule has 122 valence electrons. The number of nitro benzene ring substituents is 1. The molecular formula is C14H21N3O4S. The van der Waals surface area contributed by atoms with Crippen molar-refractivity contribution in [1.29, 1.82) is 0 Å². The smallest absolute Gasteiger partial charge is 0.271 e. The lowest BCUT2D eigenvalue weighted by molar-refractivity contribution is -0.385. The molecule has 0 spiro atoms. The highest BCUT2D eigenvalue weighted by atomic mass is 32.2. The topological polar surface area (TPSA) is 92.5 Å². The number of hydrogen-bond acceptors (Lipinski definition) is 5. The van der Waals surface area contributed by atoms with E-state index in [2.05, 4.69) is 5.32 Å². The van der Waals surface area contributed by atoms with Crippen molar-refractivity contribution in [3.63, 3.8) is 0 Å². The van der Waals surface area contributed by atoms with E-state index in [-0.39, 0.29) is 16.6 Å². The van der Waals surface area contributed by atoms with Crippen molar-refractivity contribution in [1.82, 2.24) is 9.62 Å². The van der Waals surface area contributed by atoms with E-state index in [9.17, 15) is 18.5 Å². The molecule has 1 fully saturated rings. The molecule has 0 amide bonds. The van der Waals surface area contributed by atoms with E-state index < -0.39 is 14.9 Å². The highest BCUT2D eigenvalue weighted by Gasteiger charge is 2.31. The number of sulfonamides is 1. The van der Waals surface area contributed by atoms with Gasteiger partial charge in [-0.2, -0.15) is 4.31 Å². The number of aryl methyl sites for hydroxylation is 1. The van der Waals surface area contributed by atoms with E-state index in [1.54, 1.807) is 20.9 Å². The average Bonchev–Trinajstić information content (AvgIpc) is 2.49. The lowest BCUT2D eigenvalue weighted by Crippen LogP contribution is -2.44. The molecule has 2 rings (SSSR count). The van der Waals surface area contributed by atoms with Crippen LogP contribution in [0.4, 0.5) is 5.69 Å². The molecule has 0 aromatic heterocycles. The van der Waals surface area contributed by atoms with Crippen LogP contribution in [-0.2, 0) is 10.0 Å². The number of rotatable bonds is 4. The van der Waals surface area contributed by atoms with Gasteiger partial charge < -0.3 is 5.32 Å². The van der Waals surface area contributed by atoms with E-state index in [4.69, 9.17) is 0 Å². The number of nitro groups is 1. The highest BCUT2D eigenvalue weighted by Crippen LogP contribution is 2.29. The van der Waals surface area contributed by atoms with Gasteiger partial charge in [0.05, 0.1) is 9.82 Å². The minimum Gasteiger partial charge on any atom is -0.317 e. The van der Waals surface area contributed by atoms with Crippen molar-refractivity contribution in [2.75, 3.05) is 20.1 Å². The van der Waals surface area contributed by atoms with Gasteiger partial charge in [-0.1, -0.05) is 0 Å². The minimum atomic E-state index is -3.75. The van der Waals surface area contributed by atoms with Crippen LogP contribution in [0.25, 0.3) is 0 Å². The predicted molar refractivity (Wildman–Crippen MR) is 83.4 cm³/mol. The Balaban J connectivity index is 2.46. The van der Waals surface area contributed by atoms with Crippen LogP contribution >= 0.6 is 0 Å². The third-order valence-corrected chi connectivity index (χ3v) is 6.33. The molecule has 0 aliphatic carbocycles. The predicted octanol–water partition coefficient (Wildman–Crippen LogP) is 1.58. The quantitative estimate of drug-likeness (QED) is 0.669. The van der Waals surface area contributed by atoms with Gasteiger partial charge in [0.1, 0.15) is 0 Å². The standard InChI is InChI=1S/C14H21N3O4S/c1-10-8-13(17(18)19)9-14(11(10)2)22(20,21)16(3)12-4-6-15-7-5-12/h8-9,12,15H,4-7H2,1-3H3. The number of piperidine rings is 1. The largest absolute Gasteiger partial charge is 0.317 e. The van der Waals surface area contributed by atoms with Crippen LogP contribution in [0.3, 0.4) is 0 Å². The van der Waals surface area contributed by atoms with Crippen LogP contribution < -0.4 is 5.32 Å². The van der Waals surface area contributed by atoms with Gasteiger partial charge in [-0.25, -0.2) is 8.42 Å². The van der Waals surface area contributed by atoms with E-state index >= 15 is 0 Å². The van der Waals surface area contributed by atoms with Gasteiger partial charge in [0.2, 0.25) is 10.0 Å². The van der Waals surface area contributed by atoms with Gasteiger partial charge in [-0.3, -0.25) is 10.1 Å². The van der Waals surface area contributed by atoms with Crippen molar-refractivity contribution in [3.8, 4) is 0 Å². The van der Waals surface area contributed by atoms with Gasteiger partial charge in [0.15, 0.2) is 0 Å². The molecular weight excluding hydrogens is 306 g/mol. The molecule has 0 atom stereocenters. The van der Waals surface area contributed by atoms with Crippen molar-refractivity contribution >= 4 is 15.7 Å². The Morgan fingerprint density at radius 1 is 1.27 bits per heavy atom. The maximum atomic E-state index is 12.9. The number of non-ortho nitro benzene ring substituents is 1. The Bertz CT molecular complexity index is 682.